The number of aliphatic carboxylic acids is 1. The second-order valence-electron chi connectivity index (χ2n) is 23.7. The maximum absolute atomic E-state index is 12.9. The third-order valence-electron chi connectivity index (χ3n) is 14.6. The minimum atomic E-state index is -1.62. The molecule has 0 amide bonds. The molecule has 81 heavy (non-hydrogen) atoms. The molecule has 0 heterocycles. The van der Waals surface area contributed by atoms with Crippen LogP contribution >= 0.6 is 0 Å². The van der Waals surface area contributed by atoms with Crippen molar-refractivity contribution in [1.82, 2.24) is 0 Å². The van der Waals surface area contributed by atoms with Crippen molar-refractivity contribution >= 4 is 17.9 Å². The number of hydrogen-bond acceptors (Lipinski definition) is 8. The molecular weight excluding hydrogens is 1010 g/mol. The van der Waals surface area contributed by atoms with Crippen LogP contribution in [0.3, 0.4) is 0 Å². The van der Waals surface area contributed by atoms with E-state index in [-0.39, 0.29) is 32.2 Å². The highest BCUT2D eigenvalue weighted by molar-refractivity contribution is 5.70. The van der Waals surface area contributed by atoms with E-state index in [9.17, 15) is 19.5 Å². The van der Waals surface area contributed by atoms with Gasteiger partial charge in [0.25, 0.3) is 0 Å². The highest BCUT2D eigenvalue weighted by Crippen LogP contribution is 2.17. The van der Waals surface area contributed by atoms with Crippen LogP contribution in [0.2, 0.25) is 0 Å². The summed E-state index contributed by atoms with van der Waals surface area (Å²) in [5, 5.41) is 11.8. The van der Waals surface area contributed by atoms with Gasteiger partial charge in [0.15, 0.2) is 12.4 Å². The Morgan fingerprint density at radius 2 is 0.704 bits per heavy atom. The Balaban J connectivity index is 4.13. The number of carboxylic acid groups (broad SMARTS) is 1. The van der Waals surface area contributed by atoms with Gasteiger partial charge in [-0.15, -0.1) is 0 Å². The maximum atomic E-state index is 12.9. The lowest BCUT2D eigenvalue weighted by molar-refractivity contribution is -0.870. The zero-order chi connectivity index (χ0) is 59.1. The predicted octanol–water partition coefficient (Wildman–Crippen LogP) is 19.4. The number of esters is 2. The highest BCUT2D eigenvalue weighted by Gasteiger charge is 2.22. The quantitative estimate of drug-likeness (QED) is 0.0195. The summed E-state index contributed by atoms with van der Waals surface area (Å²) in [7, 11) is 5.93. The van der Waals surface area contributed by atoms with Gasteiger partial charge in [0, 0.05) is 12.8 Å². The van der Waals surface area contributed by atoms with Crippen molar-refractivity contribution in [2.24, 2.45) is 0 Å². The minimum Gasteiger partial charge on any atom is -0.545 e. The number of likely N-dealkylation sites (N-methyl/N-ethyl adjacent to an activating group) is 1. The molecule has 0 bridgehead atoms. The van der Waals surface area contributed by atoms with Gasteiger partial charge in [-0.1, -0.05) is 279 Å². The van der Waals surface area contributed by atoms with E-state index >= 15 is 0 Å². The largest absolute Gasteiger partial charge is 0.545 e. The summed E-state index contributed by atoms with van der Waals surface area (Å²) >= 11 is 0. The Morgan fingerprint density at radius 1 is 0.383 bits per heavy atom. The maximum Gasteiger partial charge on any atom is 0.306 e. The number of quaternary nitrogens is 1. The van der Waals surface area contributed by atoms with Gasteiger partial charge in [-0.3, -0.25) is 9.59 Å². The third-order valence-corrected chi connectivity index (χ3v) is 14.6. The molecule has 0 fully saturated rings. The Hall–Kier alpha value is -3.53. The Morgan fingerprint density at radius 3 is 1.06 bits per heavy atom. The van der Waals surface area contributed by atoms with Gasteiger partial charge in [-0.2, -0.15) is 0 Å². The van der Waals surface area contributed by atoms with Crippen molar-refractivity contribution in [3.05, 3.63) is 85.1 Å². The summed E-state index contributed by atoms with van der Waals surface area (Å²) in [5.74, 6) is -2.27. The monoisotopic (exact) mass is 1130 g/mol. The van der Waals surface area contributed by atoms with Crippen LogP contribution in [0.4, 0.5) is 0 Å². The van der Waals surface area contributed by atoms with Gasteiger partial charge < -0.3 is 33.3 Å². The zero-order valence-corrected chi connectivity index (χ0v) is 53.4. The molecule has 468 valence electrons. The second-order valence-corrected chi connectivity index (χ2v) is 23.7. The number of carbonyl (C=O) groups is 3. The van der Waals surface area contributed by atoms with Crippen molar-refractivity contribution < 1.29 is 42.9 Å². The molecule has 0 rings (SSSR count). The third kappa shape index (κ3) is 63.9. The minimum absolute atomic E-state index is 0.146. The van der Waals surface area contributed by atoms with Crippen LogP contribution in [0.25, 0.3) is 0 Å². The van der Waals surface area contributed by atoms with Crippen molar-refractivity contribution in [2.75, 3.05) is 47.5 Å². The summed E-state index contributed by atoms with van der Waals surface area (Å²) in [6.07, 6.45) is 80.8. The summed E-state index contributed by atoms with van der Waals surface area (Å²) in [6, 6.07) is 0. The van der Waals surface area contributed by atoms with Crippen LogP contribution in [0, 0.1) is 0 Å². The Bertz CT molecular complexity index is 1600. The first-order valence-electron chi connectivity index (χ1n) is 33.7. The molecule has 0 aliphatic heterocycles. The lowest BCUT2D eigenvalue weighted by Crippen LogP contribution is -2.44. The number of rotatable bonds is 62. The van der Waals surface area contributed by atoms with Crippen molar-refractivity contribution in [1.29, 1.82) is 0 Å². The molecule has 2 unspecified atom stereocenters. The van der Waals surface area contributed by atoms with Crippen LogP contribution < -0.4 is 5.11 Å². The normalized spacial score (nSPS) is 13.2. The van der Waals surface area contributed by atoms with E-state index < -0.39 is 24.3 Å². The number of ether oxygens (including phenoxy) is 4. The molecule has 0 aromatic heterocycles. The fourth-order valence-corrected chi connectivity index (χ4v) is 9.48. The summed E-state index contributed by atoms with van der Waals surface area (Å²) in [4.78, 5) is 37.4. The van der Waals surface area contributed by atoms with Crippen LogP contribution in [0.5, 0.6) is 0 Å². The Labute approximate surface area is 500 Å². The van der Waals surface area contributed by atoms with Crippen molar-refractivity contribution in [3.63, 3.8) is 0 Å². The fraction of sp³-hybridized carbons (Fsp3) is 0.764. The van der Waals surface area contributed by atoms with Crippen molar-refractivity contribution in [2.45, 2.75) is 309 Å². The first-order valence-corrected chi connectivity index (χ1v) is 33.7. The van der Waals surface area contributed by atoms with E-state index in [0.717, 1.165) is 77.0 Å². The lowest BCUT2D eigenvalue weighted by atomic mass is 10.0. The Kier molecular flexibility index (Phi) is 59.8. The van der Waals surface area contributed by atoms with Crippen LogP contribution in [-0.4, -0.2) is 82.3 Å². The number of allylic oxidation sites excluding steroid dienone is 14. The van der Waals surface area contributed by atoms with Crippen LogP contribution in [0.1, 0.15) is 296 Å². The number of carbonyl (C=O) groups excluding carboxylic acids is 3. The average molecular weight is 1130 g/mol. The van der Waals surface area contributed by atoms with Crippen LogP contribution in [0.15, 0.2) is 85.1 Å². The predicted molar refractivity (Wildman–Crippen MR) is 343 cm³/mol. The van der Waals surface area contributed by atoms with Gasteiger partial charge in [-0.05, 0) is 89.9 Å². The van der Waals surface area contributed by atoms with Gasteiger partial charge in [0.2, 0.25) is 0 Å². The number of nitrogens with zero attached hydrogens (tertiary/aromatic N) is 1. The zero-order valence-electron chi connectivity index (χ0n) is 53.4. The van der Waals surface area contributed by atoms with E-state index in [1.807, 2.05) is 21.1 Å². The number of unbranched alkanes of at least 4 members (excludes halogenated alkanes) is 33. The topological polar surface area (TPSA) is 111 Å². The molecule has 0 saturated carbocycles. The summed E-state index contributed by atoms with van der Waals surface area (Å²) in [5.41, 5.74) is 0. The summed E-state index contributed by atoms with van der Waals surface area (Å²) in [6.45, 7) is 4.66. The van der Waals surface area contributed by atoms with E-state index in [4.69, 9.17) is 18.9 Å². The molecule has 0 aromatic carbocycles. The van der Waals surface area contributed by atoms with E-state index in [0.29, 0.717) is 23.9 Å². The molecule has 0 radical (unpaired) electrons. The van der Waals surface area contributed by atoms with Gasteiger partial charge in [0.1, 0.15) is 13.2 Å². The first-order chi connectivity index (χ1) is 39.6. The molecule has 0 N–H and O–H groups in total. The van der Waals surface area contributed by atoms with Gasteiger partial charge in [0.05, 0.1) is 40.3 Å². The molecular formula is C72H127NO8. The smallest absolute Gasteiger partial charge is 0.306 e. The molecule has 0 aliphatic carbocycles. The standard InChI is InChI=1S/C72H127NO8/c1-6-8-10-12-14-16-18-20-22-24-26-28-30-31-32-33-34-35-36-37-38-39-41-43-45-47-49-51-53-55-57-59-61-63-70(75)81-68(67-80-72(71(76)77)78-65-64-73(3,4)5)66-79-69(74)62-60-58-56-54-52-50-48-46-44-42-40-29-27-25-23-21-19-17-15-13-11-9-7-2/h8,10,14,16,20,22,25-28,31-32,34-35,68,72H,6-7,9,11-13,15,17-19,21,23-24,29-30,33,36-67H2,1-5H3/b10-8-,16-14-,22-20-,27-25-,28-26-,32-31-,35-34-. The fourth-order valence-electron chi connectivity index (χ4n) is 9.48. The molecule has 0 aromatic rings. The highest BCUT2D eigenvalue weighted by atomic mass is 16.7. The van der Waals surface area contributed by atoms with E-state index in [1.54, 1.807) is 0 Å². The average Bonchev–Trinajstić information content (AvgIpc) is 3.44. The van der Waals surface area contributed by atoms with E-state index in [2.05, 4.69) is 98.9 Å². The number of hydrogen-bond donors (Lipinski definition) is 0. The number of carboxylic acids is 1. The lowest BCUT2D eigenvalue weighted by Gasteiger charge is -2.26. The molecule has 9 heteroatoms. The van der Waals surface area contributed by atoms with Crippen LogP contribution in [-0.2, 0) is 33.3 Å². The van der Waals surface area contributed by atoms with Gasteiger partial charge in [-0.25, -0.2) is 0 Å². The van der Waals surface area contributed by atoms with E-state index in [1.165, 1.54) is 186 Å². The van der Waals surface area contributed by atoms with Crippen molar-refractivity contribution in [3.8, 4) is 0 Å². The molecule has 0 spiro atoms. The van der Waals surface area contributed by atoms with Gasteiger partial charge >= 0.3 is 11.9 Å². The first kappa shape index (κ1) is 77.5. The molecule has 2 atom stereocenters. The molecule has 9 nitrogen and oxygen atoms in total. The SMILES string of the molecule is CC/C=C\C/C=C\C/C=C\C/C=C\C/C=C\C/C=C\CCCCCCCCCCCCCCCCC(=O)OC(COC(=O)CCCCCCCCCCCCC/C=C\CCCCCCCCCC)COC(OCC[N+](C)(C)C)C(=O)[O-]. The molecule has 0 aliphatic rings. The summed E-state index contributed by atoms with van der Waals surface area (Å²) < 4.78 is 22.8. The molecule has 0 saturated heterocycles. The second kappa shape index (κ2) is 62.5.